The molecule has 0 aromatic heterocycles. The fraction of sp³-hybridized carbons (Fsp3) is 0.320. The molecule has 0 saturated carbocycles. The normalized spacial score (nSPS) is 11.2. The third kappa shape index (κ3) is 10.1. The van der Waals surface area contributed by atoms with Crippen LogP contribution in [0.1, 0.15) is 11.1 Å². The van der Waals surface area contributed by atoms with Crippen LogP contribution in [-0.2, 0) is 23.7 Å². The van der Waals surface area contributed by atoms with Gasteiger partial charge in [0.05, 0.1) is 0 Å². The topological polar surface area (TPSA) is 90.9 Å². The highest BCUT2D eigenvalue weighted by atomic mass is 16.7. The first-order chi connectivity index (χ1) is 16.6. The van der Waals surface area contributed by atoms with Crippen molar-refractivity contribution in [1.29, 1.82) is 0 Å². The quantitative estimate of drug-likeness (QED) is 0.265. The molecule has 0 saturated heterocycles. The summed E-state index contributed by atoms with van der Waals surface area (Å²) in [5.41, 5.74) is 1.43. The van der Waals surface area contributed by atoms with Gasteiger partial charge >= 0.3 is 0 Å². The van der Waals surface area contributed by atoms with E-state index in [1.807, 2.05) is 0 Å². The lowest BCUT2D eigenvalue weighted by atomic mass is 10.1. The Bertz CT molecular complexity index is 825. The Hall–Kier alpha value is -3.37. The van der Waals surface area contributed by atoms with Gasteiger partial charge in [0.25, 0.3) is 0 Å². The van der Waals surface area contributed by atoms with E-state index < -0.39 is 0 Å². The fourth-order valence-electron chi connectivity index (χ4n) is 2.63. The van der Waals surface area contributed by atoms with Gasteiger partial charge in [0, 0.05) is 40.6 Å². The molecule has 9 heteroatoms. The molecule has 0 fully saturated rings. The lowest BCUT2D eigenvalue weighted by Crippen LogP contribution is -2.02. The maximum absolute atomic E-state index is 12.4. The zero-order valence-corrected chi connectivity index (χ0v) is 19.8. The van der Waals surface area contributed by atoms with Gasteiger partial charge < -0.3 is 37.9 Å². The van der Waals surface area contributed by atoms with E-state index in [2.05, 4.69) is 0 Å². The number of methoxy groups -OCH3 is 4. The molecule has 2 rings (SSSR count). The predicted octanol–water partition coefficient (Wildman–Crippen LogP) is 3.91. The van der Waals surface area contributed by atoms with E-state index in [9.17, 15) is 4.79 Å². The number of carbonyl (C=O) groups excluding carboxylic acids is 1. The first-order valence-corrected chi connectivity index (χ1v) is 10.2. The molecule has 34 heavy (non-hydrogen) atoms. The number of rotatable bonds is 16. The van der Waals surface area contributed by atoms with E-state index in [-0.39, 0.29) is 33.0 Å². The highest BCUT2D eigenvalue weighted by Gasteiger charge is 2.04. The maximum Gasteiger partial charge on any atom is 0.188 e. The SMILES string of the molecule is COCOc1cc(/C=C/C(=O)/C=C/c2cc(OCOC)cc(OCOC)c2)cc(OCOC)c1. The average molecular weight is 475 g/mol. The van der Waals surface area contributed by atoms with Crippen molar-refractivity contribution in [2.75, 3.05) is 55.6 Å². The third-order valence-corrected chi connectivity index (χ3v) is 4.06. The molecule has 0 aliphatic heterocycles. The largest absolute Gasteiger partial charge is 0.467 e. The van der Waals surface area contributed by atoms with Crippen molar-refractivity contribution in [3.05, 3.63) is 59.7 Å². The standard InChI is InChI=1S/C25H30O9/c1-27-15-31-22-9-19(10-23(13-22)32-16-28-2)5-7-21(26)8-6-20-11-24(33-17-29-3)14-25(12-20)34-18-30-4/h5-14H,15-18H2,1-4H3/b7-5+,8-6+. The van der Waals surface area contributed by atoms with E-state index in [0.717, 1.165) is 0 Å². The van der Waals surface area contributed by atoms with Crippen molar-refractivity contribution in [3.8, 4) is 23.0 Å². The summed E-state index contributed by atoms with van der Waals surface area (Å²) in [6, 6.07) is 10.5. The monoisotopic (exact) mass is 474 g/mol. The van der Waals surface area contributed by atoms with Crippen molar-refractivity contribution < 1.29 is 42.7 Å². The molecule has 184 valence electrons. The first kappa shape index (κ1) is 26.9. The smallest absolute Gasteiger partial charge is 0.188 e. The number of carbonyl (C=O) groups is 1. The van der Waals surface area contributed by atoms with Crippen molar-refractivity contribution in [2.45, 2.75) is 0 Å². The number of allylic oxidation sites excluding steroid dienone is 2. The summed E-state index contributed by atoms with van der Waals surface area (Å²) >= 11 is 0. The number of benzene rings is 2. The maximum atomic E-state index is 12.4. The van der Waals surface area contributed by atoms with E-state index in [1.54, 1.807) is 48.6 Å². The Morgan fingerprint density at radius 3 is 1.12 bits per heavy atom. The van der Waals surface area contributed by atoms with Gasteiger partial charge in [-0.25, -0.2) is 0 Å². The molecule has 0 heterocycles. The van der Waals surface area contributed by atoms with Crippen LogP contribution >= 0.6 is 0 Å². The third-order valence-electron chi connectivity index (χ3n) is 4.06. The molecular weight excluding hydrogens is 444 g/mol. The van der Waals surface area contributed by atoms with Gasteiger partial charge in [0.1, 0.15) is 23.0 Å². The van der Waals surface area contributed by atoms with Crippen LogP contribution in [0.5, 0.6) is 23.0 Å². The minimum atomic E-state index is -0.217. The second-order valence-electron chi connectivity index (χ2n) is 6.75. The Kier molecular flexibility index (Phi) is 12.2. The van der Waals surface area contributed by atoms with Crippen molar-refractivity contribution in [2.24, 2.45) is 0 Å². The second kappa shape index (κ2) is 15.5. The van der Waals surface area contributed by atoms with Gasteiger partial charge in [-0.2, -0.15) is 0 Å². The molecule has 0 radical (unpaired) electrons. The van der Waals surface area contributed by atoms with E-state index in [4.69, 9.17) is 37.9 Å². The van der Waals surface area contributed by atoms with Gasteiger partial charge in [-0.05, 0) is 47.5 Å². The highest BCUT2D eigenvalue weighted by Crippen LogP contribution is 2.25. The number of hydrogen-bond donors (Lipinski definition) is 0. The molecule has 0 N–H and O–H groups in total. The molecule has 0 amide bonds. The summed E-state index contributed by atoms with van der Waals surface area (Å²) in [5.74, 6) is 1.93. The Morgan fingerprint density at radius 1 is 0.559 bits per heavy atom. The molecule has 9 nitrogen and oxygen atoms in total. The zero-order chi connectivity index (χ0) is 24.6. The van der Waals surface area contributed by atoms with Gasteiger partial charge in [-0.3, -0.25) is 4.79 Å². The number of ketones is 1. The predicted molar refractivity (Wildman–Crippen MR) is 126 cm³/mol. The van der Waals surface area contributed by atoms with Crippen LogP contribution in [0.2, 0.25) is 0 Å². The van der Waals surface area contributed by atoms with Crippen LogP contribution in [-0.4, -0.2) is 61.4 Å². The fourth-order valence-corrected chi connectivity index (χ4v) is 2.63. The summed E-state index contributed by atoms with van der Waals surface area (Å²) in [5, 5.41) is 0. The van der Waals surface area contributed by atoms with E-state index in [1.165, 1.54) is 40.6 Å². The lowest BCUT2D eigenvalue weighted by Gasteiger charge is -2.10. The molecule has 2 aromatic carbocycles. The van der Waals surface area contributed by atoms with Gasteiger partial charge in [-0.15, -0.1) is 0 Å². The zero-order valence-electron chi connectivity index (χ0n) is 19.8. The summed E-state index contributed by atoms with van der Waals surface area (Å²) in [6.45, 7) is 0.340. The van der Waals surface area contributed by atoms with Crippen LogP contribution in [0.4, 0.5) is 0 Å². The minimum Gasteiger partial charge on any atom is -0.467 e. The first-order valence-electron chi connectivity index (χ1n) is 10.2. The Balaban J connectivity index is 2.14. The summed E-state index contributed by atoms with van der Waals surface area (Å²) in [6.07, 6.45) is 6.22. The second-order valence-corrected chi connectivity index (χ2v) is 6.75. The average Bonchev–Trinajstić information content (AvgIpc) is 2.85. The summed E-state index contributed by atoms with van der Waals surface area (Å²) in [7, 11) is 6.12. The van der Waals surface area contributed by atoms with Crippen LogP contribution in [0.25, 0.3) is 12.2 Å². The summed E-state index contributed by atoms with van der Waals surface area (Å²) < 4.78 is 41.7. The molecule has 2 aromatic rings. The Morgan fingerprint density at radius 2 is 0.853 bits per heavy atom. The molecular formula is C25H30O9. The van der Waals surface area contributed by atoms with Crippen molar-refractivity contribution in [3.63, 3.8) is 0 Å². The Labute approximate surface area is 199 Å². The van der Waals surface area contributed by atoms with Crippen LogP contribution in [0, 0.1) is 0 Å². The van der Waals surface area contributed by atoms with E-state index >= 15 is 0 Å². The molecule has 0 spiro atoms. The molecule has 0 aliphatic carbocycles. The molecule has 0 aliphatic rings. The van der Waals surface area contributed by atoms with Crippen LogP contribution in [0.15, 0.2) is 48.6 Å². The summed E-state index contributed by atoms with van der Waals surface area (Å²) in [4.78, 5) is 12.4. The van der Waals surface area contributed by atoms with Gasteiger partial charge in [0.2, 0.25) is 0 Å². The van der Waals surface area contributed by atoms with Crippen LogP contribution in [0.3, 0.4) is 0 Å². The van der Waals surface area contributed by atoms with Crippen LogP contribution < -0.4 is 18.9 Å². The lowest BCUT2D eigenvalue weighted by molar-refractivity contribution is -0.110. The number of ether oxygens (including phenoxy) is 8. The minimum absolute atomic E-state index is 0.0851. The number of hydrogen-bond acceptors (Lipinski definition) is 9. The van der Waals surface area contributed by atoms with Gasteiger partial charge in [0.15, 0.2) is 33.0 Å². The molecule has 0 bridgehead atoms. The van der Waals surface area contributed by atoms with Crippen molar-refractivity contribution in [1.82, 2.24) is 0 Å². The molecule has 0 unspecified atom stereocenters. The highest BCUT2D eigenvalue weighted by molar-refractivity contribution is 6.04. The van der Waals surface area contributed by atoms with Gasteiger partial charge in [-0.1, -0.05) is 12.2 Å². The van der Waals surface area contributed by atoms with E-state index in [0.29, 0.717) is 34.1 Å². The van der Waals surface area contributed by atoms with Crippen molar-refractivity contribution >= 4 is 17.9 Å². The molecule has 0 atom stereocenters.